The van der Waals surface area contributed by atoms with Crippen LogP contribution in [0.2, 0.25) is 0 Å². The zero-order chi connectivity index (χ0) is 18.8. The van der Waals surface area contributed by atoms with Gasteiger partial charge in [0.2, 0.25) is 5.91 Å². The standard InChI is InChI=1S/C19H24N2O3S2/c1-14-5-7-15(8-6-14)18(16-4-3-10-25-16)20-12-17(22)21-19(2)9-11-26(23,24)13-19/h3-8,10,18,20H,9,11-13H2,1-2H3,(H,21,22)/t18-,19+/m1/s1. The zero-order valence-electron chi connectivity index (χ0n) is 15.0. The van der Waals surface area contributed by atoms with Gasteiger partial charge in [0.05, 0.1) is 29.6 Å². The van der Waals surface area contributed by atoms with Crippen molar-refractivity contribution in [3.05, 3.63) is 57.8 Å². The lowest BCUT2D eigenvalue weighted by molar-refractivity contribution is -0.121. The van der Waals surface area contributed by atoms with Crippen LogP contribution in [0, 0.1) is 6.92 Å². The van der Waals surface area contributed by atoms with E-state index in [1.165, 1.54) is 5.56 Å². The van der Waals surface area contributed by atoms with Crippen LogP contribution in [0.1, 0.15) is 35.4 Å². The van der Waals surface area contributed by atoms with Crippen LogP contribution < -0.4 is 10.6 Å². The number of benzene rings is 1. The van der Waals surface area contributed by atoms with Gasteiger partial charge in [0.25, 0.3) is 0 Å². The number of rotatable bonds is 6. The maximum absolute atomic E-state index is 12.4. The second-order valence-corrected chi connectivity index (χ2v) is 10.4. The number of thiophene rings is 1. The van der Waals surface area contributed by atoms with Gasteiger partial charge in [0.1, 0.15) is 0 Å². The fourth-order valence-corrected chi connectivity index (χ4v) is 6.20. The highest BCUT2D eigenvalue weighted by atomic mass is 32.2. The second kappa shape index (κ2) is 7.50. The van der Waals surface area contributed by atoms with Crippen molar-refractivity contribution in [1.29, 1.82) is 0 Å². The Morgan fingerprint density at radius 1 is 1.27 bits per heavy atom. The average molecular weight is 393 g/mol. The summed E-state index contributed by atoms with van der Waals surface area (Å²) in [6.07, 6.45) is 0.466. The largest absolute Gasteiger partial charge is 0.349 e. The number of nitrogens with one attached hydrogen (secondary N) is 2. The van der Waals surface area contributed by atoms with Crippen LogP contribution in [-0.4, -0.2) is 37.9 Å². The summed E-state index contributed by atoms with van der Waals surface area (Å²) < 4.78 is 23.4. The van der Waals surface area contributed by atoms with E-state index in [0.717, 1.165) is 10.4 Å². The molecule has 0 spiro atoms. The maximum atomic E-state index is 12.4. The number of aryl methyl sites for hydroxylation is 1. The summed E-state index contributed by atoms with van der Waals surface area (Å²) in [5.74, 6) is -0.0329. The van der Waals surface area contributed by atoms with Gasteiger partial charge in [0, 0.05) is 4.88 Å². The van der Waals surface area contributed by atoms with Gasteiger partial charge >= 0.3 is 0 Å². The van der Waals surface area contributed by atoms with Crippen molar-refractivity contribution in [2.24, 2.45) is 0 Å². The number of carbonyl (C=O) groups is 1. The zero-order valence-corrected chi connectivity index (χ0v) is 16.6. The van der Waals surface area contributed by atoms with Crippen molar-refractivity contribution in [2.45, 2.75) is 31.8 Å². The van der Waals surface area contributed by atoms with Gasteiger partial charge in [0.15, 0.2) is 9.84 Å². The summed E-state index contributed by atoms with van der Waals surface area (Å²) in [7, 11) is -3.05. The molecular formula is C19H24N2O3S2. The molecule has 2 N–H and O–H groups in total. The summed E-state index contributed by atoms with van der Waals surface area (Å²) >= 11 is 1.64. The van der Waals surface area contributed by atoms with E-state index in [4.69, 9.17) is 0 Å². The molecule has 2 atom stereocenters. The summed E-state index contributed by atoms with van der Waals surface area (Å²) in [6, 6.07) is 12.2. The molecule has 26 heavy (non-hydrogen) atoms. The number of amides is 1. The summed E-state index contributed by atoms with van der Waals surface area (Å²) in [6.45, 7) is 3.97. The molecule has 0 unspecified atom stereocenters. The third kappa shape index (κ3) is 4.72. The Morgan fingerprint density at radius 3 is 2.58 bits per heavy atom. The van der Waals surface area contributed by atoms with Crippen LogP contribution in [0.3, 0.4) is 0 Å². The van der Waals surface area contributed by atoms with Crippen LogP contribution in [0.5, 0.6) is 0 Å². The Morgan fingerprint density at radius 2 is 2.00 bits per heavy atom. The van der Waals surface area contributed by atoms with Gasteiger partial charge in [-0.15, -0.1) is 11.3 Å². The van der Waals surface area contributed by atoms with Gasteiger partial charge in [-0.25, -0.2) is 8.42 Å². The number of sulfone groups is 1. The normalized spacial score (nSPS) is 22.8. The smallest absolute Gasteiger partial charge is 0.234 e. The molecule has 7 heteroatoms. The Balaban J connectivity index is 1.66. The lowest BCUT2D eigenvalue weighted by Gasteiger charge is -2.25. The maximum Gasteiger partial charge on any atom is 0.234 e. The Labute approximate surface area is 158 Å². The minimum atomic E-state index is -3.05. The van der Waals surface area contributed by atoms with Crippen LogP contribution in [0.4, 0.5) is 0 Å². The van der Waals surface area contributed by atoms with E-state index in [1.54, 1.807) is 18.3 Å². The third-order valence-corrected chi connectivity index (χ3v) is 7.49. The molecule has 1 aromatic carbocycles. The molecule has 5 nitrogen and oxygen atoms in total. The molecule has 1 aromatic heterocycles. The van der Waals surface area contributed by atoms with Gasteiger partial charge in [-0.05, 0) is 37.3 Å². The second-order valence-electron chi connectivity index (χ2n) is 7.19. The van der Waals surface area contributed by atoms with Gasteiger partial charge in [-0.1, -0.05) is 35.9 Å². The van der Waals surface area contributed by atoms with E-state index in [-0.39, 0.29) is 30.0 Å². The minimum Gasteiger partial charge on any atom is -0.349 e. The molecule has 1 amide bonds. The van der Waals surface area contributed by atoms with Gasteiger partial charge < -0.3 is 5.32 Å². The van der Waals surface area contributed by atoms with E-state index in [1.807, 2.05) is 24.4 Å². The first-order chi connectivity index (χ1) is 12.3. The third-order valence-electron chi connectivity index (χ3n) is 4.65. The SMILES string of the molecule is Cc1ccc([C@@H](NCC(=O)N[C@@]2(C)CCS(=O)(=O)C2)c2cccs2)cc1. The predicted molar refractivity (Wildman–Crippen MR) is 105 cm³/mol. The highest BCUT2D eigenvalue weighted by Crippen LogP contribution is 2.26. The van der Waals surface area contributed by atoms with Crippen molar-refractivity contribution in [3.8, 4) is 0 Å². The molecule has 2 aromatic rings. The molecule has 0 radical (unpaired) electrons. The first-order valence-electron chi connectivity index (χ1n) is 8.61. The number of carbonyl (C=O) groups excluding carboxylic acids is 1. The number of hydrogen-bond donors (Lipinski definition) is 2. The average Bonchev–Trinajstić information content (AvgIpc) is 3.17. The van der Waals surface area contributed by atoms with E-state index >= 15 is 0 Å². The van der Waals surface area contributed by atoms with E-state index in [9.17, 15) is 13.2 Å². The van der Waals surface area contributed by atoms with Crippen molar-refractivity contribution in [1.82, 2.24) is 10.6 Å². The highest BCUT2D eigenvalue weighted by Gasteiger charge is 2.39. The van der Waals surface area contributed by atoms with Crippen LogP contribution >= 0.6 is 11.3 Å². The Kier molecular flexibility index (Phi) is 5.50. The summed E-state index contributed by atoms with van der Waals surface area (Å²) in [5.41, 5.74) is 1.62. The van der Waals surface area contributed by atoms with Crippen molar-refractivity contribution in [2.75, 3.05) is 18.1 Å². The summed E-state index contributed by atoms with van der Waals surface area (Å²) in [5, 5.41) is 8.23. The van der Waals surface area contributed by atoms with Crippen LogP contribution in [-0.2, 0) is 14.6 Å². The molecule has 1 aliphatic heterocycles. The molecule has 1 fully saturated rings. The molecule has 1 aliphatic rings. The minimum absolute atomic E-state index is 0.0120. The van der Waals surface area contributed by atoms with Crippen molar-refractivity contribution < 1.29 is 13.2 Å². The van der Waals surface area contributed by atoms with Crippen molar-refractivity contribution in [3.63, 3.8) is 0 Å². The van der Waals surface area contributed by atoms with Crippen LogP contribution in [0.25, 0.3) is 0 Å². The Bertz CT molecular complexity index is 861. The molecule has 2 heterocycles. The fraction of sp³-hybridized carbons (Fsp3) is 0.421. The topological polar surface area (TPSA) is 75.3 Å². The van der Waals surface area contributed by atoms with E-state index < -0.39 is 15.4 Å². The quantitative estimate of drug-likeness (QED) is 0.792. The molecule has 3 rings (SSSR count). The Hall–Kier alpha value is -1.70. The molecule has 140 valence electrons. The van der Waals surface area contributed by atoms with Gasteiger partial charge in [-0.3, -0.25) is 10.1 Å². The molecule has 0 bridgehead atoms. The number of hydrogen-bond acceptors (Lipinski definition) is 5. The predicted octanol–water partition coefficient (Wildman–Crippen LogP) is 2.43. The fourth-order valence-electron chi connectivity index (χ4n) is 3.28. The monoisotopic (exact) mass is 392 g/mol. The first kappa shape index (κ1) is 19.1. The lowest BCUT2D eigenvalue weighted by atomic mass is 10.0. The van der Waals surface area contributed by atoms with Crippen molar-refractivity contribution >= 4 is 27.1 Å². The summed E-state index contributed by atoms with van der Waals surface area (Å²) in [4.78, 5) is 13.5. The lowest BCUT2D eigenvalue weighted by Crippen LogP contribution is -2.50. The highest BCUT2D eigenvalue weighted by molar-refractivity contribution is 7.91. The van der Waals surface area contributed by atoms with E-state index in [2.05, 4.69) is 34.9 Å². The molecule has 0 saturated carbocycles. The molecule has 1 saturated heterocycles. The first-order valence-corrected chi connectivity index (χ1v) is 11.3. The van der Waals surface area contributed by atoms with Gasteiger partial charge in [-0.2, -0.15) is 0 Å². The van der Waals surface area contributed by atoms with E-state index in [0.29, 0.717) is 6.42 Å². The molecular weight excluding hydrogens is 368 g/mol. The molecule has 0 aliphatic carbocycles. The van der Waals surface area contributed by atoms with Crippen LogP contribution in [0.15, 0.2) is 41.8 Å².